The van der Waals surface area contributed by atoms with Crippen LogP contribution in [0, 0.1) is 5.82 Å². The Morgan fingerprint density at radius 2 is 1.74 bits per heavy atom. The van der Waals surface area contributed by atoms with Crippen molar-refractivity contribution in [1.82, 2.24) is 25.1 Å². The number of hydrogen-bond acceptors (Lipinski definition) is 7. The Labute approximate surface area is 224 Å². The smallest absolute Gasteiger partial charge is 0.164 e. The van der Waals surface area contributed by atoms with Gasteiger partial charge in [0.2, 0.25) is 0 Å². The van der Waals surface area contributed by atoms with Gasteiger partial charge < -0.3 is 20.5 Å². The van der Waals surface area contributed by atoms with Crippen molar-refractivity contribution in [2.75, 3.05) is 18.8 Å². The molecule has 1 atom stereocenters. The van der Waals surface area contributed by atoms with Gasteiger partial charge >= 0.3 is 0 Å². The number of halogens is 1. The number of nitrogen functional groups attached to an aromatic ring is 1. The Morgan fingerprint density at radius 1 is 0.974 bits per heavy atom. The van der Waals surface area contributed by atoms with Crippen LogP contribution in [0.25, 0.3) is 22.3 Å². The molecule has 0 saturated carbocycles. The molecule has 1 spiro atoms. The molecular formula is C30H27FN6O2. The zero-order valence-electron chi connectivity index (χ0n) is 21.2. The zero-order chi connectivity index (χ0) is 26.4. The van der Waals surface area contributed by atoms with E-state index in [4.69, 9.17) is 20.3 Å². The standard InChI is InChI=1S/C30H27FN6O2/c31-20-8-11-23-24(17-30(39-25(23)16-20)12-14-33-15-13-30)37-29-26(28(32)34-18-35-29)27(36-37)19-6-9-22(10-7-19)38-21-4-2-1-3-5-21/h1-11,16,18,24,33H,12-15,17H2,(H2,32,34,35). The van der Waals surface area contributed by atoms with Gasteiger partial charge in [-0.25, -0.2) is 19.0 Å². The summed E-state index contributed by atoms with van der Waals surface area (Å²) in [6.45, 7) is 1.68. The fourth-order valence-corrected chi connectivity index (χ4v) is 5.74. The summed E-state index contributed by atoms with van der Waals surface area (Å²) in [5.41, 5.74) is 9.05. The molecule has 2 aliphatic rings. The molecular weight excluding hydrogens is 495 g/mol. The van der Waals surface area contributed by atoms with E-state index in [2.05, 4.69) is 15.3 Å². The Balaban J connectivity index is 1.33. The minimum absolute atomic E-state index is 0.210. The lowest BCUT2D eigenvalue weighted by molar-refractivity contribution is 0.00251. The van der Waals surface area contributed by atoms with Gasteiger partial charge in [0.15, 0.2) is 5.65 Å². The third-order valence-corrected chi connectivity index (χ3v) is 7.66. The van der Waals surface area contributed by atoms with Crippen LogP contribution >= 0.6 is 0 Å². The van der Waals surface area contributed by atoms with E-state index in [1.54, 1.807) is 6.07 Å². The van der Waals surface area contributed by atoms with Crippen molar-refractivity contribution < 1.29 is 13.9 Å². The van der Waals surface area contributed by atoms with Crippen molar-refractivity contribution in [3.05, 3.63) is 90.5 Å². The van der Waals surface area contributed by atoms with E-state index in [-0.39, 0.29) is 11.9 Å². The molecule has 3 aromatic carbocycles. The van der Waals surface area contributed by atoms with E-state index >= 15 is 0 Å². The Morgan fingerprint density at radius 3 is 2.54 bits per heavy atom. The quantitative estimate of drug-likeness (QED) is 0.321. The molecule has 2 aromatic heterocycles. The summed E-state index contributed by atoms with van der Waals surface area (Å²) in [6, 6.07) is 21.9. The molecule has 3 N–H and O–H groups in total. The fraction of sp³-hybridized carbons (Fsp3) is 0.233. The van der Waals surface area contributed by atoms with E-state index < -0.39 is 5.60 Å². The Kier molecular flexibility index (Phi) is 5.66. The maximum absolute atomic E-state index is 14.3. The summed E-state index contributed by atoms with van der Waals surface area (Å²) in [5.74, 6) is 2.07. The van der Waals surface area contributed by atoms with Crippen molar-refractivity contribution in [3.63, 3.8) is 0 Å². The monoisotopic (exact) mass is 522 g/mol. The second kappa shape index (κ2) is 9.36. The number of benzene rings is 3. The molecule has 0 aliphatic carbocycles. The molecule has 196 valence electrons. The molecule has 1 fully saturated rings. The number of ether oxygens (including phenoxy) is 2. The van der Waals surface area contributed by atoms with E-state index in [0.717, 1.165) is 42.8 Å². The third-order valence-electron chi connectivity index (χ3n) is 7.66. The van der Waals surface area contributed by atoms with Crippen molar-refractivity contribution in [1.29, 1.82) is 0 Å². The topological polar surface area (TPSA) is 100 Å². The van der Waals surface area contributed by atoms with Gasteiger partial charge in [0, 0.05) is 23.6 Å². The SMILES string of the molecule is Nc1ncnc2c1c(-c1ccc(Oc3ccccc3)cc1)nn2C1CC2(CCNCC2)Oc2cc(F)ccc21. The van der Waals surface area contributed by atoms with Gasteiger partial charge in [0.25, 0.3) is 0 Å². The summed E-state index contributed by atoms with van der Waals surface area (Å²) < 4.78 is 28.7. The van der Waals surface area contributed by atoms with Crippen LogP contribution in [0.3, 0.4) is 0 Å². The molecule has 39 heavy (non-hydrogen) atoms. The number of nitrogens with zero attached hydrogens (tertiary/aromatic N) is 4. The predicted molar refractivity (Wildman–Crippen MR) is 146 cm³/mol. The third kappa shape index (κ3) is 4.24. The van der Waals surface area contributed by atoms with Crippen LogP contribution in [0.2, 0.25) is 0 Å². The number of hydrogen-bond donors (Lipinski definition) is 2. The average Bonchev–Trinajstić information content (AvgIpc) is 3.35. The number of fused-ring (bicyclic) bond motifs is 2. The summed E-state index contributed by atoms with van der Waals surface area (Å²) in [7, 11) is 0. The lowest BCUT2D eigenvalue weighted by atomic mass is 9.81. The van der Waals surface area contributed by atoms with Gasteiger partial charge in [-0.05, 0) is 68.4 Å². The number of para-hydroxylation sites is 1. The first-order chi connectivity index (χ1) is 19.1. The zero-order valence-corrected chi connectivity index (χ0v) is 21.2. The van der Waals surface area contributed by atoms with E-state index in [1.807, 2.05) is 59.3 Å². The number of aromatic nitrogens is 4. The second-order valence-electron chi connectivity index (χ2n) is 10.1. The van der Waals surface area contributed by atoms with Gasteiger partial charge in [-0.2, -0.15) is 5.10 Å². The highest BCUT2D eigenvalue weighted by Gasteiger charge is 2.43. The molecule has 7 rings (SSSR count). The molecule has 5 aromatic rings. The van der Waals surface area contributed by atoms with Gasteiger partial charge in [0.1, 0.15) is 46.5 Å². The minimum Gasteiger partial charge on any atom is -0.487 e. The molecule has 2 aliphatic heterocycles. The summed E-state index contributed by atoms with van der Waals surface area (Å²) in [4.78, 5) is 8.89. The Hall–Kier alpha value is -4.50. The lowest BCUT2D eigenvalue weighted by Crippen LogP contribution is -2.50. The summed E-state index contributed by atoms with van der Waals surface area (Å²) >= 11 is 0. The van der Waals surface area contributed by atoms with Crippen molar-refractivity contribution in [3.8, 4) is 28.5 Å². The van der Waals surface area contributed by atoms with Crippen LogP contribution in [-0.4, -0.2) is 38.4 Å². The summed E-state index contributed by atoms with van der Waals surface area (Å²) in [5, 5.41) is 9.17. The molecule has 8 nitrogen and oxygen atoms in total. The number of rotatable bonds is 4. The summed E-state index contributed by atoms with van der Waals surface area (Å²) in [6.07, 6.45) is 3.80. The first-order valence-corrected chi connectivity index (χ1v) is 13.1. The molecule has 1 unspecified atom stereocenters. The fourth-order valence-electron chi connectivity index (χ4n) is 5.74. The maximum Gasteiger partial charge on any atom is 0.164 e. The van der Waals surface area contributed by atoms with Crippen LogP contribution in [0.15, 0.2) is 79.1 Å². The van der Waals surface area contributed by atoms with Crippen molar-refractivity contribution in [2.24, 2.45) is 0 Å². The molecule has 0 amide bonds. The van der Waals surface area contributed by atoms with Crippen LogP contribution in [0.1, 0.15) is 30.9 Å². The van der Waals surface area contributed by atoms with Gasteiger partial charge in [0.05, 0.1) is 11.4 Å². The number of anilines is 1. The highest BCUT2D eigenvalue weighted by atomic mass is 19.1. The van der Waals surface area contributed by atoms with Gasteiger partial charge in [-0.3, -0.25) is 0 Å². The molecule has 9 heteroatoms. The highest BCUT2D eigenvalue weighted by Crippen LogP contribution is 2.47. The average molecular weight is 523 g/mol. The molecule has 0 radical (unpaired) electrons. The lowest BCUT2D eigenvalue weighted by Gasteiger charge is -2.44. The molecule has 1 saturated heterocycles. The minimum atomic E-state index is -0.413. The predicted octanol–water partition coefficient (Wildman–Crippen LogP) is 5.50. The van der Waals surface area contributed by atoms with E-state index in [0.29, 0.717) is 40.5 Å². The first-order valence-electron chi connectivity index (χ1n) is 13.1. The normalized spacial score (nSPS) is 18.0. The first kappa shape index (κ1) is 23.6. The van der Waals surface area contributed by atoms with Crippen LogP contribution in [-0.2, 0) is 0 Å². The second-order valence-corrected chi connectivity index (χ2v) is 10.1. The number of piperidine rings is 1. The van der Waals surface area contributed by atoms with E-state index in [9.17, 15) is 4.39 Å². The van der Waals surface area contributed by atoms with Gasteiger partial charge in [-0.15, -0.1) is 0 Å². The Bertz CT molecular complexity index is 1650. The number of nitrogens with one attached hydrogen (secondary N) is 1. The number of nitrogens with two attached hydrogens (primary N) is 1. The maximum atomic E-state index is 14.3. The highest BCUT2D eigenvalue weighted by molar-refractivity contribution is 5.98. The molecule has 0 bridgehead atoms. The van der Waals surface area contributed by atoms with Gasteiger partial charge in [-0.1, -0.05) is 24.3 Å². The molecule has 4 heterocycles. The van der Waals surface area contributed by atoms with E-state index in [1.165, 1.54) is 18.5 Å². The van der Waals surface area contributed by atoms with Crippen LogP contribution in [0.4, 0.5) is 10.2 Å². The largest absolute Gasteiger partial charge is 0.487 e. The van der Waals surface area contributed by atoms with Crippen molar-refractivity contribution >= 4 is 16.9 Å². The van der Waals surface area contributed by atoms with Crippen LogP contribution in [0.5, 0.6) is 17.2 Å². The van der Waals surface area contributed by atoms with Crippen LogP contribution < -0.4 is 20.5 Å². The van der Waals surface area contributed by atoms with Crippen molar-refractivity contribution in [2.45, 2.75) is 30.9 Å².